The molecule has 0 aromatic carbocycles. The summed E-state index contributed by atoms with van der Waals surface area (Å²) >= 11 is 0. The summed E-state index contributed by atoms with van der Waals surface area (Å²) in [6, 6.07) is -0.993. The minimum atomic E-state index is -0.644. The maximum absolute atomic E-state index is 13.2. The molecule has 2 rings (SSSR count). The van der Waals surface area contributed by atoms with Gasteiger partial charge >= 0.3 is 11.9 Å². The maximum Gasteiger partial charge on any atom is 0.328 e. The zero-order chi connectivity index (χ0) is 21.6. The molecule has 0 radical (unpaired) electrons. The molecule has 1 heterocycles. The summed E-state index contributed by atoms with van der Waals surface area (Å²) in [5, 5.41) is 0. The number of amides is 1. The van der Waals surface area contributed by atoms with Crippen molar-refractivity contribution in [2.24, 2.45) is 5.92 Å². The van der Waals surface area contributed by atoms with Crippen LogP contribution in [0.3, 0.4) is 0 Å². The van der Waals surface area contributed by atoms with Crippen LogP contribution >= 0.6 is 0 Å². The molecular formula is C21H37ClN2O6. The highest BCUT2D eigenvalue weighted by Gasteiger charge is 2.46. The molecule has 1 aliphatic carbocycles. The Hall–Kier alpha value is -1.38. The van der Waals surface area contributed by atoms with Gasteiger partial charge in [-0.3, -0.25) is 9.59 Å². The zero-order valence-corrected chi connectivity index (χ0v) is 19.4. The first kappa shape index (κ1) is 26.7. The largest absolute Gasteiger partial charge is 1.00 e. The molecule has 2 fully saturated rings. The summed E-state index contributed by atoms with van der Waals surface area (Å²) in [5.41, 5.74) is 3.60. The maximum atomic E-state index is 13.2. The number of likely N-dealkylation sites (tertiary alicyclic amines) is 1. The number of nitrogens with zero attached hydrogens (tertiary/aromatic N) is 1. The highest BCUT2D eigenvalue weighted by Crippen LogP contribution is 2.30. The number of carbonyl (C=O) groups is 3. The molecule has 3 N–H and O–H groups in total. The first-order chi connectivity index (χ1) is 13.6. The topological polar surface area (TPSA) is 110 Å². The Bertz CT molecular complexity index is 594. The Labute approximate surface area is 185 Å². The van der Waals surface area contributed by atoms with Crippen molar-refractivity contribution in [1.82, 2.24) is 4.90 Å². The van der Waals surface area contributed by atoms with Crippen molar-refractivity contribution in [3.63, 3.8) is 0 Å². The zero-order valence-electron chi connectivity index (χ0n) is 18.7. The van der Waals surface area contributed by atoms with Gasteiger partial charge in [0.15, 0.2) is 6.04 Å². The molecule has 2 aliphatic rings. The van der Waals surface area contributed by atoms with Crippen LogP contribution in [0.15, 0.2) is 0 Å². The van der Waals surface area contributed by atoms with Crippen LogP contribution in [0.2, 0.25) is 0 Å². The lowest BCUT2D eigenvalue weighted by molar-refractivity contribution is -0.420. The summed E-state index contributed by atoms with van der Waals surface area (Å²) in [6.07, 6.45) is 6.14. The van der Waals surface area contributed by atoms with Gasteiger partial charge in [0.05, 0.1) is 25.4 Å². The second-order valence-electron chi connectivity index (χ2n) is 8.86. The first-order valence-electron chi connectivity index (χ1n) is 10.7. The van der Waals surface area contributed by atoms with Crippen molar-refractivity contribution in [2.75, 3.05) is 20.3 Å². The third-order valence-electron chi connectivity index (χ3n) is 6.05. The van der Waals surface area contributed by atoms with E-state index in [0.29, 0.717) is 19.4 Å². The summed E-state index contributed by atoms with van der Waals surface area (Å²) in [7, 11) is 1.34. The van der Waals surface area contributed by atoms with E-state index in [9.17, 15) is 14.4 Å². The molecule has 1 aliphatic heterocycles. The second-order valence-corrected chi connectivity index (χ2v) is 8.86. The average Bonchev–Trinajstić information content (AvgIpc) is 3.09. The molecule has 1 amide bonds. The number of quaternary nitrogens is 1. The number of carbonyl (C=O) groups excluding carboxylic acids is 3. The molecule has 1 saturated carbocycles. The molecule has 0 aromatic rings. The molecule has 30 heavy (non-hydrogen) atoms. The van der Waals surface area contributed by atoms with E-state index in [2.05, 4.69) is 5.73 Å². The normalized spacial score (nSPS) is 23.4. The van der Waals surface area contributed by atoms with Crippen molar-refractivity contribution in [3.8, 4) is 0 Å². The fraction of sp³-hybridized carbons (Fsp3) is 0.857. The van der Waals surface area contributed by atoms with Crippen molar-refractivity contribution < 1.29 is 46.7 Å². The van der Waals surface area contributed by atoms with Crippen molar-refractivity contribution in [3.05, 3.63) is 0 Å². The van der Waals surface area contributed by atoms with Crippen LogP contribution in [-0.4, -0.2) is 66.8 Å². The average molecular weight is 449 g/mol. The monoisotopic (exact) mass is 448 g/mol. The summed E-state index contributed by atoms with van der Waals surface area (Å²) in [4.78, 5) is 38.1. The van der Waals surface area contributed by atoms with Crippen molar-refractivity contribution in [2.45, 2.75) is 89.5 Å². The van der Waals surface area contributed by atoms with Crippen molar-refractivity contribution >= 4 is 17.8 Å². The first-order valence-corrected chi connectivity index (χ1v) is 10.7. The van der Waals surface area contributed by atoms with E-state index in [1.807, 2.05) is 13.8 Å². The Kier molecular flexibility index (Phi) is 10.5. The van der Waals surface area contributed by atoms with Gasteiger partial charge in [0.2, 0.25) is 0 Å². The number of halogens is 1. The van der Waals surface area contributed by atoms with E-state index in [4.69, 9.17) is 14.2 Å². The second kappa shape index (κ2) is 11.9. The van der Waals surface area contributed by atoms with E-state index >= 15 is 0 Å². The quantitative estimate of drug-likeness (QED) is 0.433. The van der Waals surface area contributed by atoms with Crippen LogP contribution in [0.5, 0.6) is 0 Å². The van der Waals surface area contributed by atoms with E-state index in [1.165, 1.54) is 20.5 Å². The third-order valence-corrected chi connectivity index (χ3v) is 6.05. The number of hydrogen-bond donors (Lipinski definition) is 1. The fourth-order valence-corrected chi connectivity index (χ4v) is 4.39. The fourth-order valence-electron chi connectivity index (χ4n) is 4.39. The molecule has 1 saturated heterocycles. The molecular weight excluding hydrogens is 412 g/mol. The van der Waals surface area contributed by atoms with E-state index in [1.54, 1.807) is 4.90 Å². The molecule has 0 aromatic heterocycles. The van der Waals surface area contributed by atoms with Crippen LogP contribution in [0.25, 0.3) is 0 Å². The van der Waals surface area contributed by atoms with Crippen LogP contribution in [0, 0.1) is 5.92 Å². The summed E-state index contributed by atoms with van der Waals surface area (Å²) in [6.45, 7) is 5.81. The standard InChI is InChI=1S/C21H36N2O6.ClH/c1-14(24)28-11-10-21(2,3)29-16-12-17(20(26)27-4)23(13-16)19(25)18(22)15-8-6-5-7-9-15;/h15-18H,5-13,22H2,1-4H3;1H/t16-,17+,18+;/m1./s1. The number of hydrogen-bond acceptors (Lipinski definition) is 6. The number of rotatable bonds is 8. The minimum Gasteiger partial charge on any atom is -1.00 e. The van der Waals surface area contributed by atoms with Gasteiger partial charge in [0.25, 0.3) is 5.91 Å². The molecule has 0 unspecified atom stereocenters. The van der Waals surface area contributed by atoms with Crippen LogP contribution in [0.1, 0.15) is 65.7 Å². The van der Waals surface area contributed by atoms with Crippen molar-refractivity contribution in [1.29, 1.82) is 0 Å². The van der Waals surface area contributed by atoms with E-state index < -0.39 is 17.6 Å². The molecule has 0 bridgehead atoms. The van der Waals surface area contributed by atoms with Crippen LogP contribution < -0.4 is 18.1 Å². The van der Waals surface area contributed by atoms with Gasteiger partial charge in [-0.05, 0) is 26.7 Å². The van der Waals surface area contributed by atoms with Crippen LogP contribution in [0.4, 0.5) is 0 Å². The molecule has 9 heteroatoms. The molecule has 0 spiro atoms. The number of esters is 2. The predicted molar refractivity (Wildman–Crippen MR) is 106 cm³/mol. The Balaban J connectivity index is 0.00000450. The number of methoxy groups -OCH3 is 1. The minimum absolute atomic E-state index is 0. The van der Waals surface area contributed by atoms with Gasteiger partial charge in [-0.2, -0.15) is 0 Å². The van der Waals surface area contributed by atoms with Gasteiger partial charge in [-0.15, -0.1) is 0 Å². The number of ether oxygens (including phenoxy) is 3. The Morgan fingerprint density at radius 1 is 1.17 bits per heavy atom. The van der Waals surface area contributed by atoms with Gasteiger partial charge in [-0.25, -0.2) is 4.79 Å². The third kappa shape index (κ3) is 7.39. The van der Waals surface area contributed by atoms with Gasteiger partial charge in [0.1, 0.15) is 6.04 Å². The lowest BCUT2D eigenvalue weighted by Gasteiger charge is -2.30. The Morgan fingerprint density at radius 2 is 1.80 bits per heavy atom. The predicted octanol–water partition coefficient (Wildman–Crippen LogP) is -1.93. The van der Waals surface area contributed by atoms with E-state index in [-0.39, 0.29) is 49.0 Å². The van der Waals surface area contributed by atoms with E-state index in [0.717, 1.165) is 25.7 Å². The Morgan fingerprint density at radius 3 is 2.37 bits per heavy atom. The molecule has 8 nitrogen and oxygen atoms in total. The molecule has 174 valence electrons. The highest BCUT2D eigenvalue weighted by molar-refractivity contribution is 5.87. The van der Waals surface area contributed by atoms with Gasteiger partial charge < -0.3 is 37.3 Å². The van der Waals surface area contributed by atoms with Crippen LogP contribution in [-0.2, 0) is 28.6 Å². The summed E-state index contributed by atoms with van der Waals surface area (Å²) < 4.78 is 16.2. The highest BCUT2D eigenvalue weighted by atomic mass is 35.5. The molecule has 3 atom stereocenters. The van der Waals surface area contributed by atoms with Gasteiger partial charge in [0, 0.05) is 32.2 Å². The smallest absolute Gasteiger partial charge is 0.328 e. The lowest BCUT2D eigenvalue weighted by Crippen LogP contribution is -3.00. The van der Waals surface area contributed by atoms with Gasteiger partial charge in [-0.1, -0.05) is 19.3 Å². The summed E-state index contributed by atoms with van der Waals surface area (Å²) in [5.74, 6) is -0.558. The SMILES string of the molecule is COC(=O)[C@@H]1C[C@@H](OC(C)(C)CCOC(C)=O)CN1C(=O)[C@@H]([NH3+])C1CCCCC1.[Cl-]. The lowest BCUT2D eigenvalue weighted by atomic mass is 9.83.